The Bertz CT molecular complexity index is 716. The lowest BCUT2D eigenvalue weighted by Gasteiger charge is -2.08. The molecule has 22 heavy (non-hydrogen) atoms. The lowest BCUT2D eigenvalue weighted by atomic mass is 10.1. The smallest absolute Gasteiger partial charge is 0.376 e. The summed E-state index contributed by atoms with van der Waals surface area (Å²) in [5, 5.41) is 18.4. The van der Waals surface area contributed by atoms with Gasteiger partial charge in [0, 0.05) is 18.8 Å². The number of halogens is 1. The fourth-order valence-electron chi connectivity index (χ4n) is 2.00. The van der Waals surface area contributed by atoms with Crippen LogP contribution in [0.2, 0.25) is 0 Å². The topological polar surface area (TPSA) is 79.5 Å². The Morgan fingerprint density at radius 3 is 2.45 bits per heavy atom. The first-order chi connectivity index (χ1) is 10.5. The molecule has 0 bridgehead atoms. The molecule has 0 amide bonds. The summed E-state index contributed by atoms with van der Waals surface area (Å²) in [5.74, 6) is -3.53. The summed E-state index contributed by atoms with van der Waals surface area (Å²) in [6, 6.07) is 9.33. The zero-order chi connectivity index (χ0) is 16.1. The number of benzene rings is 1. The van der Waals surface area contributed by atoms with Gasteiger partial charge in [-0.2, -0.15) is 0 Å². The lowest BCUT2D eigenvalue weighted by molar-refractivity contribution is -0.146. The van der Waals surface area contributed by atoms with E-state index in [1.165, 1.54) is 12.1 Å². The Morgan fingerprint density at radius 2 is 1.82 bits per heavy atom. The minimum Gasteiger partial charge on any atom is -0.506 e. The number of carboxylic acids is 1. The van der Waals surface area contributed by atoms with Crippen molar-refractivity contribution < 1.29 is 24.2 Å². The van der Waals surface area contributed by atoms with Crippen molar-refractivity contribution in [1.29, 1.82) is 0 Å². The van der Waals surface area contributed by atoms with E-state index in [9.17, 15) is 19.1 Å². The highest BCUT2D eigenvalue weighted by atomic mass is 19.1. The molecule has 0 spiro atoms. The Kier molecular flexibility index (Phi) is 4.73. The Labute approximate surface area is 125 Å². The maximum absolute atomic E-state index is 12.8. The first kappa shape index (κ1) is 15.5. The van der Waals surface area contributed by atoms with Gasteiger partial charge in [-0.25, -0.2) is 9.18 Å². The summed E-state index contributed by atoms with van der Waals surface area (Å²) < 4.78 is 14.5. The number of aliphatic carboxylic acids is 1. The summed E-state index contributed by atoms with van der Waals surface area (Å²) in [5.41, 5.74) is 1.27. The van der Waals surface area contributed by atoms with Crippen molar-refractivity contribution in [1.82, 2.24) is 4.57 Å². The van der Waals surface area contributed by atoms with Crippen LogP contribution in [0.15, 0.2) is 48.7 Å². The second kappa shape index (κ2) is 6.71. The molecule has 114 valence electrons. The molecule has 0 unspecified atom stereocenters. The predicted octanol–water partition coefficient (Wildman–Crippen LogP) is 2.42. The number of hydrogen-bond acceptors (Lipinski definition) is 3. The molecule has 0 saturated carbocycles. The molecule has 6 heteroatoms. The maximum Gasteiger partial charge on any atom is 0.376 e. The minimum atomic E-state index is -1.63. The van der Waals surface area contributed by atoms with Gasteiger partial charge >= 0.3 is 5.97 Å². The largest absolute Gasteiger partial charge is 0.506 e. The molecule has 1 aromatic carbocycles. The van der Waals surface area contributed by atoms with Crippen LogP contribution in [0.4, 0.5) is 4.39 Å². The van der Waals surface area contributed by atoms with Crippen LogP contribution >= 0.6 is 0 Å². The van der Waals surface area contributed by atoms with Crippen LogP contribution in [0.25, 0.3) is 5.76 Å². The summed E-state index contributed by atoms with van der Waals surface area (Å²) in [4.78, 5) is 21.6. The van der Waals surface area contributed by atoms with Crippen LogP contribution in [0, 0.1) is 5.82 Å². The van der Waals surface area contributed by atoms with Gasteiger partial charge in [0.25, 0.3) is 5.78 Å². The van der Waals surface area contributed by atoms with Crippen molar-refractivity contribution in [2.24, 2.45) is 0 Å². The van der Waals surface area contributed by atoms with E-state index in [2.05, 4.69) is 0 Å². The molecule has 0 aliphatic rings. The average Bonchev–Trinajstić information content (AvgIpc) is 2.95. The fourth-order valence-corrected chi connectivity index (χ4v) is 2.00. The Balaban J connectivity index is 2.11. The van der Waals surface area contributed by atoms with Crippen LogP contribution in [0.3, 0.4) is 0 Å². The van der Waals surface area contributed by atoms with Crippen molar-refractivity contribution in [3.63, 3.8) is 0 Å². The van der Waals surface area contributed by atoms with Crippen LogP contribution in [0.1, 0.15) is 11.3 Å². The zero-order valence-electron chi connectivity index (χ0n) is 11.6. The van der Waals surface area contributed by atoms with E-state index in [1.807, 2.05) is 0 Å². The number of nitrogens with zero attached hydrogens (tertiary/aromatic N) is 1. The molecule has 0 atom stereocenters. The van der Waals surface area contributed by atoms with Crippen molar-refractivity contribution in [2.75, 3.05) is 0 Å². The quantitative estimate of drug-likeness (QED) is 0.488. The minimum absolute atomic E-state index is 0.307. The highest BCUT2D eigenvalue weighted by Crippen LogP contribution is 2.14. The van der Waals surface area contributed by atoms with E-state index in [1.54, 1.807) is 35.0 Å². The highest BCUT2D eigenvalue weighted by Gasteiger charge is 2.12. The summed E-state index contributed by atoms with van der Waals surface area (Å²) in [7, 11) is 0. The first-order valence-electron chi connectivity index (χ1n) is 6.55. The lowest BCUT2D eigenvalue weighted by Crippen LogP contribution is -2.11. The van der Waals surface area contributed by atoms with Crippen LogP contribution in [-0.2, 0) is 22.6 Å². The van der Waals surface area contributed by atoms with Gasteiger partial charge in [-0.05, 0) is 36.2 Å². The van der Waals surface area contributed by atoms with Gasteiger partial charge in [0.05, 0.1) is 5.69 Å². The van der Waals surface area contributed by atoms with E-state index in [0.717, 1.165) is 5.56 Å². The number of aryl methyl sites for hydroxylation is 2. The van der Waals surface area contributed by atoms with Crippen molar-refractivity contribution in [2.45, 2.75) is 13.0 Å². The molecule has 0 saturated heterocycles. The predicted molar refractivity (Wildman–Crippen MR) is 77.8 cm³/mol. The van der Waals surface area contributed by atoms with Crippen LogP contribution in [-0.4, -0.2) is 26.5 Å². The first-order valence-corrected chi connectivity index (χ1v) is 6.55. The molecular weight excluding hydrogens is 289 g/mol. The molecule has 5 nitrogen and oxygen atoms in total. The Morgan fingerprint density at radius 1 is 1.14 bits per heavy atom. The molecule has 0 fully saturated rings. The number of hydrogen-bond donors (Lipinski definition) is 2. The number of ketones is 1. The number of aliphatic hydroxyl groups excluding tert-OH is 1. The number of aliphatic hydroxyl groups is 1. The molecule has 1 heterocycles. The zero-order valence-corrected chi connectivity index (χ0v) is 11.6. The van der Waals surface area contributed by atoms with Crippen LogP contribution in [0.5, 0.6) is 0 Å². The van der Waals surface area contributed by atoms with Gasteiger partial charge in [0.2, 0.25) is 0 Å². The number of rotatable bonds is 6. The average molecular weight is 303 g/mol. The number of aromatic nitrogens is 1. The van der Waals surface area contributed by atoms with E-state index in [0.29, 0.717) is 24.7 Å². The fraction of sp³-hybridized carbons (Fsp3) is 0.125. The number of carboxylic acid groups (broad SMARTS) is 1. The van der Waals surface area contributed by atoms with Gasteiger partial charge < -0.3 is 14.8 Å². The SMILES string of the molecule is O=C(O)C(=O)/C=C(\O)c1cccn1CCc1ccc(F)cc1. The van der Waals surface area contributed by atoms with Gasteiger partial charge in [-0.15, -0.1) is 0 Å². The van der Waals surface area contributed by atoms with Crippen LogP contribution < -0.4 is 0 Å². The molecule has 0 radical (unpaired) electrons. The summed E-state index contributed by atoms with van der Waals surface area (Å²) in [6.45, 7) is 0.493. The van der Waals surface area contributed by atoms with Crippen molar-refractivity contribution in [3.05, 3.63) is 65.7 Å². The molecule has 1 aromatic heterocycles. The molecular formula is C16H14FNO4. The summed E-state index contributed by atoms with van der Waals surface area (Å²) >= 11 is 0. The molecule has 0 aliphatic heterocycles. The standard InChI is InChI=1S/C16H14FNO4/c17-12-5-3-11(4-6-12)7-9-18-8-1-2-13(18)14(19)10-15(20)16(21)22/h1-6,8,10,19H,7,9H2,(H,21,22)/b14-10-. The monoisotopic (exact) mass is 303 g/mol. The van der Waals surface area contributed by atoms with Crippen molar-refractivity contribution >= 4 is 17.5 Å². The van der Waals surface area contributed by atoms with Gasteiger partial charge in [0.1, 0.15) is 11.6 Å². The number of carbonyl (C=O) groups excluding carboxylic acids is 1. The molecule has 0 aliphatic carbocycles. The second-order valence-electron chi connectivity index (χ2n) is 4.66. The van der Waals surface area contributed by atoms with E-state index in [-0.39, 0.29) is 5.82 Å². The Hall–Kier alpha value is -2.89. The second-order valence-corrected chi connectivity index (χ2v) is 4.66. The third-order valence-electron chi connectivity index (χ3n) is 3.13. The number of carbonyl (C=O) groups is 2. The highest BCUT2D eigenvalue weighted by molar-refractivity contribution is 6.38. The third kappa shape index (κ3) is 3.82. The third-order valence-corrected chi connectivity index (χ3v) is 3.13. The normalized spacial score (nSPS) is 11.4. The molecule has 2 N–H and O–H groups in total. The van der Waals surface area contributed by atoms with Gasteiger partial charge in [-0.3, -0.25) is 4.79 Å². The van der Waals surface area contributed by atoms with E-state index < -0.39 is 17.5 Å². The maximum atomic E-state index is 12.8. The molecule has 2 rings (SSSR count). The van der Waals surface area contributed by atoms with Gasteiger partial charge in [-0.1, -0.05) is 12.1 Å². The van der Waals surface area contributed by atoms with E-state index in [4.69, 9.17) is 5.11 Å². The van der Waals surface area contributed by atoms with Crippen molar-refractivity contribution in [3.8, 4) is 0 Å². The summed E-state index contributed by atoms with van der Waals surface area (Å²) in [6.07, 6.45) is 2.97. The molecule has 2 aromatic rings. The van der Waals surface area contributed by atoms with E-state index >= 15 is 0 Å². The van der Waals surface area contributed by atoms with Gasteiger partial charge in [0.15, 0.2) is 0 Å².